The molecule has 0 unspecified atom stereocenters. The van der Waals surface area contributed by atoms with E-state index < -0.39 is 0 Å². The van der Waals surface area contributed by atoms with E-state index in [9.17, 15) is 9.59 Å². The third kappa shape index (κ3) is 9.33. The van der Waals surface area contributed by atoms with Crippen LogP contribution in [-0.2, 0) is 4.79 Å². The van der Waals surface area contributed by atoms with Crippen molar-refractivity contribution < 1.29 is 9.59 Å². The summed E-state index contributed by atoms with van der Waals surface area (Å²) in [6.45, 7) is 4.43. The van der Waals surface area contributed by atoms with Gasteiger partial charge in [0.25, 0.3) is 5.91 Å². The van der Waals surface area contributed by atoms with Gasteiger partial charge in [0.05, 0.1) is 0 Å². The number of carbonyl (C=O) groups is 2. The maximum Gasteiger partial charge on any atom is 0.251 e. The first-order valence-corrected chi connectivity index (χ1v) is 9.29. The van der Waals surface area contributed by atoms with E-state index in [1.165, 1.54) is 58.3 Å². The molecule has 24 heavy (non-hydrogen) atoms. The highest BCUT2D eigenvalue weighted by Gasteiger charge is 2.04. The van der Waals surface area contributed by atoms with E-state index in [1.807, 2.05) is 0 Å². The fraction of sp³-hybridized carbons (Fsp3) is 0.600. The summed E-state index contributed by atoms with van der Waals surface area (Å²) in [4.78, 5) is 23.0. The van der Waals surface area contributed by atoms with Crippen LogP contribution < -0.4 is 10.6 Å². The summed E-state index contributed by atoms with van der Waals surface area (Å²) in [6, 6.07) is 6.96. The van der Waals surface area contributed by atoms with Gasteiger partial charge < -0.3 is 10.6 Å². The van der Waals surface area contributed by atoms with Gasteiger partial charge in [0, 0.05) is 24.7 Å². The van der Waals surface area contributed by atoms with Crippen LogP contribution in [0.25, 0.3) is 0 Å². The molecule has 1 aromatic rings. The Morgan fingerprint density at radius 3 is 1.92 bits per heavy atom. The maximum absolute atomic E-state index is 12.0. The molecule has 0 heterocycles. The van der Waals surface area contributed by atoms with E-state index in [1.54, 1.807) is 24.3 Å². The van der Waals surface area contributed by atoms with Crippen molar-refractivity contribution >= 4 is 17.5 Å². The first kappa shape index (κ1) is 20.2. The molecule has 2 N–H and O–H groups in total. The topological polar surface area (TPSA) is 58.2 Å². The molecule has 134 valence electrons. The first-order chi connectivity index (χ1) is 11.6. The summed E-state index contributed by atoms with van der Waals surface area (Å²) in [5.41, 5.74) is 1.33. The van der Waals surface area contributed by atoms with Crippen LogP contribution in [0, 0.1) is 0 Å². The van der Waals surface area contributed by atoms with Crippen LogP contribution in [0.2, 0.25) is 0 Å². The third-order valence-electron chi connectivity index (χ3n) is 4.03. The molecule has 0 aromatic heterocycles. The summed E-state index contributed by atoms with van der Waals surface area (Å²) in [7, 11) is 0. The number of benzene rings is 1. The zero-order valence-corrected chi connectivity index (χ0v) is 15.2. The van der Waals surface area contributed by atoms with Gasteiger partial charge in [-0.2, -0.15) is 0 Å². The lowest BCUT2D eigenvalue weighted by Gasteiger charge is -2.07. The third-order valence-corrected chi connectivity index (χ3v) is 4.03. The highest BCUT2D eigenvalue weighted by Crippen LogP contribution is 2.10. The molecule has 0 saturated heterocycles. The van der Waals surface area contributed by atoms with Crippen LogP contribution in [0.15, 0.2) is 24.3 Å². The zero-order valence-electron chi connectivity index (χ0n) is 15.2. The number of rotatable bonds is 12. The van der Waals surface area contributed by atoms with Crippen LogP contribution >= 0.6 is 0 Å². The van der Waals surface area contributed by atoms with E-state index in [0.717, 1.165) is 13.0 Å². The smallest absolute Gasteiger partial charge is 0.251 e. The molecule has 1 aromatic carbocycles. The van der Waals surface area contributed by atoms with E-state index in [4.69, 9.17) is 0 Å². The second kappa shape index (κ2) is 12.6. The van der Waals surface area contributed by atoms with Crippen LogP contribution in [0.1, 0.15) is 82.0 Å². The Morgan fingerprint density at radius 1 is 0.833 bits per heavy atom. The molecular formula is C20H32N2O2. The monoisotopic (exact) mass is 332 g/mol. The Morgan fingerprint density at radius 2 is 1.38 bits per heavy atom. The standard InChI is InChI=1S/C20H32N2O2/c1-3-4-5-6-7-8-9-10-11-16-21-20(24)18-12-14-19(15-13-18)22-17(2)23/h12-15H,3-11,16H2,1-2H3,(H,21,24)(H,22,23). The van der Waals surface area contributed by atoms with E-state index in [0.29, 0.717) is 11.3 Å². The van der Waals surface area contributed by atoms with E-state index >= 15 is 0 Å². The molecule has 0 spiro atoms. The molecule has 4 heteroatoms. The van der Waals surface area contributed by atoms with Crippen LogP contribution in [0.4, 0.5) is 5.69 Å². The Balaban J connectivity index is 2.08. The minimum absolute atomic E-state index is 0.0519. The first-order valence-electron chi connectivity index (χ1n) is 9.29. The number of amides is 2. The summed E-state index contributed by atoms with van der Waals surface area (Å²) >= 11 is 0. The number of unbranched alkanes of at least 4 members (excludes halogenated alkanes) is 8. The average Bonchev–Trinajstić information content (AvgIpc) is 2.56. The lowest BCUT2D eigenvalue weighted by Crippen LogP contribution is -2.24. The Kier molecular flexibility index (Phi) is 10.6. The van der Waals surface area contributed by atoms with Crippen molar-refractivity contribution in [3.63, 3.8) is 0 Å². The van der Waals surface area contributed by atoms with Crippen molar-refractivity contribution in [3.8, 4) is 0 Å². The Hall–Kier alpha value is -1.84. The van der Waals surface area contributed by atoms with Crippen LogP contribution in [0.5, 0.6) is 0 Å². The fourth-order valence-corrected chi connectivity index (χ4v) is 2.65. The van der Waals surface area contributed by atoms with Crippen molar-refractivity contribution in [2.45, 2.75) is 71.6 Å². The maximum atomic E-state index is 12.0. The van der Waals surface area contributed by atoms with Gasteiger partial charge in [0.2, 0.25) is 5.91 Å². The Labute approximate surface area is 146 Å². The van der Waals surface area contributed by atoms with Gasteiger partial charge in [-0.1, -0.05) is 58.3 Å². The molecule has 0 saturated carbocycles. The number of hydrogen-bond donors (Lipinski definition) is 2. The van der Waals surface area contributed by atoms with Crippen molar-refractivity contribution in [1.29, 1.82) is 0 Å². The van der Waals surface area contributed by atoms with Gasteiger partial charge in [0.15, 0.2) is 0 Å². The van der Waals surface area contributed by atoms with Gasteiger partial charge in [-0.05, 0) is 30.7 Å². The lowest BCUT2D eigenvalue weighted by atomic mass is 10.1. The fourth-order valence-electron chi connectivity index (χ4n) is 2.65. The second-order valence-corrected chi connectivity index (χ2v) is 6.34. The minimum Gasteiger partial charge on any atom is -0.352 e. The molecule has 0 aliphatic heterocycles. The van der Waals surface area contributed by atoms with Gasteiger partial charge in [-0.25, -0.2) is 0 Å². The number of carbonyl (C=O) groups excluding carboxylic acids is 2. The lowest BCUT2D eigenvalue weighted by molar-refractivity contribution is -0.114. The molecule has 0 atom stereocenters. The molecule has 0 bridgehead atoms. The van der Waals surface area contributed by atoms with Gasteiger partial charge in [-0.15, -0.1) is 0 Å². The highest BCUT2D eigenvalue weighted by atomic mass is 16.2. The summed E-state index contributed by atoms with van der Waals surface area (Å²) in [5.74, 6) is -0.165. The molecule has 0 aliphatic carbocycles. The largest absolute Gasteiger partial charge is 0.352 e. The summed E-state index contributed by atoms with van der Waals surface area (Å²) < 4.78 is 0. The van der Waals surface area contributed by atoms with E-state index in [-0.39, 0.29) is 11.8 Å². The molecule has 0 radical (unpaired) electrons. The van der Waals surface area contributed by atoms with Crippen LogP contribution in [-0.4, -0.2) is 18.4 Å². The predicted octanol–water partition coefficient (Wildman–Crippen LogP) is 4.91. The average molecular weight is 332 g/mol. The molecule has 4 nitrogen and oxygen atoms in total. The summed E-state index contributed by atoms with van der Waals surface area (Å²) in [6.07, 6.45) is 11.5. The minimum atomic E-state index is -0.113. The van der Waals surface area contributed by atoms with E-state index in [2.05, 4.69) is 17.6 Å². The molecule has 0 fully saturated rings. The van der Waals surface area contributed by atoms with Gasteiger partial charge in [-0.3, -0.25) is 9.59 Å². The zero-order chi connectivity index (χ0) is 17.6. The quantitative estimate of drug-likeness (QED) is 0.535. The van der Waals surface area contributed by atoms with Crippen LogP contribution in [0.3, 0.4) is 0 Å². The molecule has 1 rings (SSSR count). The van der Waals surface area contributed by atoms with Crippen molar-refractivity contribution in [2.75, 3.05) is 11.9 Å². The summed E-state index contributed by atoms with van der Waals surface area (Å²) in [5, 5.41) is 5.64. The van der Waals surface area contributed by atoms with Gasteiger partial charge >= 0.3 is 0 Å². The molecular weight excluding hydrogens is 300 g/mol. The number of anilines is 1. The normalized spacial score (nSPS) is 10.4. The molecule has 0 aliphatic rings. The number of hydrogen-bond acceptors (Lipinski definition) is 2. The van der Waals surface area contributed by atoms with Gasteiger partial charge in [0.1, 0.15) is 0 Å². The SMILES string of the molecule is CCCCCCCCCCCNC(=O)c1ccc(NC(C)=O)cc1. The predicted molar refractivity (Wildman–Crippen MR) is 100 cm³/mol. The number of nitrogens with one attached hydrogen (secondary N) is 2. The van der Waals surface area contributed by atoms with Crippen molar-refractivity contribution in [3.05, 3.63) is 29.8 Å². The Bertz CT molecular complexity index is 483. The second-order valence-electron chi connectivity index (χ2n) is 6.34. The van der Waals surface area contributed by atoms with Crippen molar-refractivity contribution in [1.82, 2.24) is 5.32 Å². The van der Waals surface area contributed by atoms with Crippen molar-refractivity contribution in [2.24, 2.45) is 0 Å². The highest BCUT2D eigenvalue weighted by molar-refractivity contribution is 5.95. The molecule has 2 amide bonds.